The standard InChI is InChI=1S/C5H5N5O2/c6-4-3-5(8-1-7-4)10(12-11)2-9-3/h1-2,11H,(H2,6,7,8). The molecule has 0 atom stereocenters. The van der Waals surface area contributed by atoms with Crippen LogP contribution in [0.2, 0.25) is 0 Å². The topological polar surface area (TPSA) is 99.1 Å². The minimum atomic E-state index is 0.246. The maximum atomic E-state index is 8.34. The van der Waals surface area contributed by atoms with Crippen molar-refractivity contribution in [3.8, 4) is 0 Å². The van der Waals surface area contributed by atoms with Gasteiger partial charge in [-0.15, -0.1) is 4.73 Å². The van der Waals surface area contributed by atoms with Gasteiger partial charge in [0.2, 0.25) is 5.65 Å². The van der Waals surface area contributed by atoms with Gasteiger partial charge in [-0.2, -0.15) is 5.26 Å². The number of nitrogens with two attached hydrogens (primary N) is 1. The van der Waals surface area contributed by atoms with Crippen molar-refractivity contribution in [3.63, 3.8) is 0 Å². The number of anilines is 1. The first kappa shape index (κ1) is 6.80. The molecule has 7 nitrogen and oxygen atoms in total. The smallest absolute Gasteiger partial charge is 0.204 e. The largest absolute Gasteiger partial charge is 0.382 e. The summed E-state index contributed by atoms with van der Waals surface area (Å²) in [7, 11) is 0. The molecule has 2 aromatic rings. The van der Waals surface area contributed by atoms with E-state index < -0.39 is 0 Å². The van der Waals surface area contributed by atoms with Gasteiger partial charge in [-0.1, -0.05) is 0 Å². The Balaban J connectivity index is 2.80. The number of nitrogen functional groups attached to an aromatic ring is 1. The molecule has 0 amide bonds. The molecule has 0 unspecified atom stereocenters. The number of fused-ring (bicyclic) bond motifs is 1. The number of rotatable bonds is 1. The van der Waals surface area contributed by atoms with Crippen molar-refractivity contribution >= 4 is 17.0 Å². The first-order chi connectivity index (χ1) is 5.83. The van der Waals surface area contributed by atoms with Crippen LogP contribution in [0.15, 0.2) is 12.7 Å². The highest BCUT2D eigenvalue weighted by atomic mass is 17.2. The minimum absolute atomic E-state index is 0.246. The summed E-state index contributed by atoms with van der Waals surface area (Å²) < 4.78 is 0.980. The molecular weight excluding hydrogens is 162 g/mol. The Labute approximate surface area is 66.3 Å². The molecule has 7 heteroatoms. The fraction of sp³-hybridized carbons (Fsp3) is 0. The number of imidazole rings is 1. The Morgan fingerprint density at radius 1 is 1.42 bits per heavy atom. The van der Waals surface area contributed by atoms with Gasteiger partial charge in [0.15, 0.2) is 11.3 Å². The number of hydrogen-bond acceptors (Lipinski definition) is 6. The van der Waals surface area contributed by atoms with E-state index in [2.05, 4.69) is 19.9 Å². The Hall–Kier alpha value is -1.89. The van der Waals surface area contributed by atoms with Gasteiger partial charge in [-0.25, -0.2) is 19.9 Å². The van der Waals surface area contributed by atoms with E-state index in [0.717, 1.165) is 4.73 Å². The lowest BCUT2D eigenvalue weighted by Gasteiger charge is -1.95. The lowest BCUT2D eigenvalue weighted by molar-refractivity contribution is -0.239. The molecule has 0 aromatic carbocycles. The van der Waals surface area contributed by atoms with Crippen molar-refractivity contribution in [1.29, 1.82) is 0 Å². The third-order valence-corrected chi connectivity index (χ3v) is 1.42. The lowest BCUT2D eigenvalue weighted by Crippen LogP contribution is -2.05. The van der Waals surface area contributed by atoms with Gasteiger partial charge in [-0.05, 0) is 0 Å². The first-order valence-corrected chi connectivity index (χ1v) is 3.08. The zero-order chi connectivity index (χ0) is 8.55. The summed E-state index contributed by atoms with van der Waals surface area (Å²) in [5.41, 5.74) is 6.18. The van der Waals surface area contributed by atoms with Crippen LogP contribution in [0.5, 0.6) is 0 Å². The number of hydrogen-bond donors (Lipinski definition) is 2. The molecular formula is C5H5N5O2. The summed E-state index contributed by atoms with van der Waals surface area (Å²) >= 11 is 0. The average Bonchev–Trinajstić information content (AvgIpc) is 2.49. The van der Waals surface area contributed by atoms with Crippen molar-refractivity contribution in [3.05, 3.63) is 12.7 Å². The van der Waals surface area contributed by atoms with E-state index in [1.54, 1.807) is 0 Å². The molecule has 62 valence electrons. The Kier molecular flexibility index (Phi) is 1.31. The SMILES string of the molecule is Nc1ncnc2c1ncn2OO. The molecule has 0 fully saturated rings. The molecule has 0 bridgehead atoms. The van der Waals surface area contributed by atoms with E-state index in [1.165, 1.54) is 12.7 Å². The third-order valence-electron chi connectivity index (χ3n) is 1.42. The predicted octanol–water partition coefficient (Wildman–Crippen LogP) is -0.690. The van der Waals surface area contributed by atoms with E-state index in [4.69, 9.17) is 11.0 Å². The maximum Gasteiger partial charge on any atom is 0.204 e. The number of nitrogens with zero attached hydrogens (tertiary/aromatic N) is 4. The lowest BCUT2D eigenvalue weighted by atomic mass is 10.5. The Morgan fingerprint density at radius 2 is 2.25 bits per heavy atom. The average molecular weight is 167 g/mol. The predicted molar refractivity (Wildman–Crippen MR) is 38.9 cm³/mol. The van der Waals surface area contributed by atoms with Crippen LogP contribution in [0.3, 0.4) is 0 Å². The highest BCUT2D eigenvalue weighted by Crippen LogP contribution is 2.12. The molecule has 0 aliphatic rings. The van der Waals surface area contributed by atoms with Crippen LogP contribution in [-0.4, -0.2) is 24.9 Å². The van der Waals surface area contributed by atoms with E-state index in [0.29, 0.717) is 11.2 Å². The summed E-state index contributed by atoms with van der Waals surface area (Å²) in [5.74, 6) is 0.246. The Bertz CT molecular complexity index is 411. The molecule has 0 saturated heterocycles. The minimum Gasteiger partial charge on any atom is -0.382 e. The van der Waals surface area contributed by atoms with Crippen molar-refractivity contribution in [2.24, 2.45) is 0 Å². The van der Waals surface area contributed by atoms with E-state index in [-0.39, 0.29) is 5.82 Å². The van der Waals surface area contributed by atoms with Crippen LogP contribution in [0, 0.1) is 0 Å². The van der Waals surface area contributed by atoms with Gasteiger partial charge in [0.25, 0.3) is 0 Å². The second kappa shape index (κ2) is 2.31. The molecule has 0 spiro atoms. The maximum absolute atomic E-state index is 8.34. The highest BCUT2D eigenvalue weighted by molar-refractivity contribution is 5.80. The summed E-state index contributed by atoms with van der Waals surface area (Å²) in [6, 6.07) is 0. The zero-order valence-corrected chi connectivity index (χ0v) is 5.88. The summed E-state index contributed by atoms with van der Waals surface area (Å²) in [4.78, 5) is 15.3. The summed E-state index contributed by atoms with van der Waals surface area (Å²) in [6.45, 7) is 0. The van der Waals surface area contributed by atoms with Crippen LogP contribution < -0.4 is 10.7 Å². The van der Waals surface area contributed by atoms with Gasteiger partial charge < -0.3 is 5.73 Å². The van der Waals surface area contributed by atoms with E-state index in [9.17, 15) is 0 Å². The van der Waals surface area contributed by atoms with E-state index in [1.807, 2.05) is 0 Å². The van der Waals surface area contributed by atoms with Crippen LogP contribution in [0.25, 0.3) is 11.2 Å². The van der Waals surface area contributed by atoms with Crippen LogP contribution in [0.4, 0.5) is 5.82 Å². The quantitative estimate of drug-likeness (QED) is 0.430. The van der Waals surface area contributed by atoms with E-state index >= 15 is 0 Å². The molecule has 2 heterocycles. The third kappa shape index (κ3) is 0.768. The molecule has 0 saturated carbocycles. The molecule has 0 aliphatic carbocycles. The van der Waals surface area contributed by atoms with Crippen molar-refractivity contribution in [2.75, 3.05) is 5.73 Å². The normalized spacial score (nSPS) is 10.4. The highest BCUT2D eigenvalue weighted by Gasteiger charge is 2.07. The molecule has 2 aromatic heterocycles. The second-order valence-electron chi connectivity index (χ2n) is 2.08. The van der Waals surface area contributed by atoms with Crippen LogP contribution in [0.1, 0.15) is 0 Å². The molecule has 2 rings (SSSR count). The summed E-state index contributed by atoms with van der Waals surface area (Å²) in [5, 5.41) is 8.34. The first-order valence-electron chi connectivity index (χ1n) is 3.08. The van der Waals surface area contributed by atoms with Crippen molar-refractivity contribution in [1.82, 2.24) is 19.7 Å². The van der Waals surface area contributed by atoms with Crippen LogP contribution >= 0.6 is 0 Å². The fourth-order valence-electron chi connectivity index (χ4n) is 0.892. The number of aromatic nitrogens is 4. The molecule has 0 radical (unpaired) electrons. The molecule has 0 aliphatic heterocycles. The van der Waals surface area contributed by atoms with Gasteiger partial charge in [0.1, 0.15) is 12.7 Å². The van der Waals surface area contributed by atoms with Gasteiger partial charge in [-0.3, -0.25) is 0 Å². The molecule has 12 heavy (non-hydrogen) atoms. The van der Waals surface area contributed by atoms with Gasteiger partial charge >= 0.3 is 0 Å². The Morgan fingerprint density at radius 3 is 3.00 bits per heavy atom. The van der Waals surface area contributed by atoms with Crippen molar-refractivity contribution < 1.29 is 10.2 Å². The molecule has 3 N–H and O–H groups in total. The van der Waals surface area contributed by atoms with Gasteiger partial charge in [0.05, 0.1) is 0 Å². The van der Waals surface area contributed by atoms with Crippen LogP contribution in [-0.2, 0) is 0 Å². The fourth-order valence-corrected chi connectivity index (χ4v) is 0.892. The summed E-state index contributed by atoms with van der Waals surface area (Å²) in [6.07, 6.45) is 2.50. The van der Waals surface area contributed by atoms with Gasteiger partial charge in [0, 0.05) is 0 Å². The zero-order valence-electron chi connectivity index (χ0n) is 5.88. The monoisotopic (exact) mass is 167 g/mol. The van der Waals surface area contributed by atoms with Crippen molar-refractivity contribution in [2.45, 2.75) is 0 Å². The second-order valence-corrected chi connectivity index (χ2v) is 2.08.